The Kier molecular flexibility index (Phi) is 4.13. The molecule has 0 aromatic heterocycles. The summed E-state index contributed by atoms with van der Waals surface area (Å²) in [4.78, 5) is 10.8. The second-order valence-electron chi connectivity index (χ2n) is 3.39. The molecule has 5 heteroatoms. The van der Waals surface area contributed by atoms with Crippen LogP contribution in [0.3, 0.4) is 0 Å². The van der Waals surface area contributed by atoms with Crippen molar-refractivity contribution in [2.75, 3.05) is 14.2 Å². The molecule has 0 spiro atoms. The molecule has 0 fully saturated rings. The zero-order chi connectivity index (χ0) is 12.1. The molecule has 5 nitrogen and oxygen atoms in total. The van der Waals surface area contributed by atoms with E-state index in [0.29, 0.717) is 12.2 Å². The van der Waals surface area contributed by atoms with E-state index in [4.69, 9.17) is 9.84 Å². The average Bonchev–Trinajstić information content (AvgIpc) is 2.25. The van der Waals surface area contributed by atoms with Crippen LogP contribution in [0.2, 0.25) is 0 Å². The lowest BCUT2D eigenvalue weighted by Crippen LogP contribution is -2.35. The van der Waals surface area contributed by atoms with E-state index < -0.39 is 12.0 Å². The quantitative estimate of drug-likeness (QED) is 0.684. The van der Waals surface area contributed by atoms with Crippen molar-refractivity contribution in [2.45, 2.75) is 12.5 Å². The van der Waals surface area contributed by atoms with E-state index in [0.717, 1.165) is 5.56 Å². The van der Waals surface area contributed by atoms with E-state index in [1.54, 1.807) is 19.2 Å². The van der Waals surface area contributed by atoms with Crippen LogP contribution in [0, 0.1) is 0 Å². The first-order valence-electron chi connectivity index (χ1n) is 4.84. The summed E-state index contributed by atoms with van der Waals surface area (Å²) < 4.78 is 4.90. The molecule has 3 N–H and O–H groups in total. The Hall–Kier alpha value is -1.75. The van der Waals surface area contributed by atoms with Crippen LogP contribution in [0.15, 0.2) is 18.2 Å². The van der Waals surface area contributed by atoms with Gasteiger partial charge in [0.05, 0.1) is 7.11 Å². The zero-order valence-electron chi connectivity index (χ0n) is 9.23. The van der Waals surface area contributed by atoms with Gasteiger partial charge in [0.25, 0.3) is 0 Å². The Morgan fingerprint density at radius 1 is 1.56 bits per heavy atom. The minimum atomic E-state index is -0.919. The molecule has 0 amide bonds. The predicted octanol–water partition coefficient (Wildman–Crippen LogP) is 0.616. The second-order valence-corrected chi connectivity index (χ2v) is 3.39. The first-order valence-corrected chi connectivity index (χ1v) is 4.84. The molecule has 88 valence electrons. The van der Waals surface area contributed by atoms with Crippen LogP contribution in [0.1, 0.15) is 5.56 Å². The lowest BCUT2D eigenvalue weighted by molar-refractivity contribution is -0.139. The molecule has 0 bridgehead atoms. The summed E-state index contributed by atoms with van der Waals surface area (Å²) in [5.41, 5.74) is 0.736. The highest BCUT2D eigenvalue weighted by molar-refractivity contribution is 5.73. The number of ether oxygens (including phenoxy) is 1. The number of rotatable bonds is 5. The van der Waals surface area contributed by atoms with Crippen molar-refractivity contribution < 1.29 is 19.7 Å². The number of hydrogen-bond acceptors (Lipinski definition) is 4. The maximum atomic E-state index is 10.8. The molecule has 0 aliphatic heterocycles. The minimum Gasteiger partial charge on any atom is -0.504 e. The Morgan fingerprint density at radius 3 is 2.69 bits per heavy atom. The summed E-state index contributed by atoms with van der Waals surface area (Å²) in [5, 5.41) is 21.1. The van der Waals surface area contributed by atoms with Gasteiger partial charge in [-0.2, -0.15) is 0 Å². The number of phenols is 1. The average molecular weight is 225 g/mol. The number of methoxy groups -OCH3 is 1. The normalized spacial score (nSPS) is 12.1. The maximum absolute atomic E-state index is 10.8. The van der Waals surface area contributed by atoms with E-state index >= 15 is 0 Å². The fraction of sp³-hybridized carbons (Fsp3) is 0.364. The van der Waals surface area contributed by atoms with Crippen molar-refractivity contribution in [3.8, 4) is 11.5 Å². The first kappa shape index (κ1) is 12.3. The Balaban J connectivity index is 2.81. The van der Waals surface area contributed by atoms with Crippen molar-refractivity contribution in [3.05, 3.63) is 23.8 Å². The predicted molar refractivity (Wildman–Crippen MR) is 58.8 cm³/mol. The standard InChI is InChI=1S/C11H15NO4/c1-12-8(11(14)15)5-7-3-4-10(16-2)9(13)6-7/h3-4,6,8,12-13H,5H2,1-2H3,(H,14,15)/t8-/m0/s1. The van der Waals surface area contributed by atoms with Crippen LogP contribution in [0.4, 0.5) is 0 Å². The van der Waals surface area contributed by atoms with Gasteiger partial charge in [-0.3, -0.25) is 4.79 Å². The molecule has 0 heterocycles. The van der Waals surface area contributed by atoms with Gasteiger partial charge < -0.3 is 20.3 Å². The molecule has 0 aliphatic carbocycles. The highest BCUT2D eigenvalue weighted by Crippen LogP contribution is 2.26. The fourth-order valence-electron chi connectivity index (χ4n) is 1.41. The molecule has 1 atom stereocenters. The molecule has 16 heavy (non-hydrogen) atoms. The van der Waals surface area contributed by atoms with Crippen LogP contribution in [0.25, 0.3) is 0 Å². The van der Waals surface area contributed by atoms with Gasteiger partial charge in [0.1, 0.15) is 6.04 Å². The van der Waals surface area contributed by atoms with E-state index in [1.165, 1.54) is 13.2 Å². The Morgan fingerprint density at radius 2 is 2.25 bits per heavy atom. The number of carboxylic acids is 1. The zero-order valence-corrected chi connectivity index (χ0v) is 9.23. The number of phenolic OH excluding ortho intramolecular Hbond substituents is 1. The number of benzene rings is 1. The Labute approximate surface area is 93.7 Å². The largest absolute Gasteiger partial charge is 0.504 e. The van der Waals surface area contributed by atoms with Gasteiger partial charge in [-0.1, -0.05) is 6.07 Å². The smallest absolute Gasteiger partial charge is 0.321 e. The summed E-state index contributed by atoms with van der Waals surface area (Å²) >= 11 is 0. The highest BCUT2D eigenvalue weighted by atomic mass is 16.5. The number of carboxylic acid groups (broad SMARTS) is 1. The lowest BCUT2D eigenvalue weighted by atomic mass is 10.1. The van der Waals surface area contributed by atoms with Gasteiger partial charge in [0, 0.05) is 0 Å². The highest BCUT2D eigenvalue weighted by Gasteiger charge is 2.15. The summed E-state index contributed by atoms with van der Waals surface area (Å²) in [6.45, 7) is 0. The third kappa shape index (κ3) is 2.87. The summed E-state index contributed by atoms with van der Waals surface area (Å²) in [6.07, 6.45) is 0.309. The molecular weight excluding hydrogens is 210 g/mol. The monoisotopic (exact) mass is 225 g/mol. The minimum absolute atomic E-state index is 0.0141. The molecule has 1 aromatic rings. The number of hydrogen-bond donors (Lipinski definition) is 3. The van der Waals surface area contributed by atoms with Crippen LogP contribution < -0.4 is 10.1 Å². The molecule has 1 aromatic carbocycles. The molecular formula is C11H15NO4. The SMILES string of the molecule is CN[C@@H](Cc1ccc(OC)c(O)c1)C(=O)O. The first-order chi connectivity index (χ1) is 7.58. The van der Waals surface area contributed by atoms with Gasteiger partial charge >= 0.3 is 5.97 Å². The number of aromatic hydroxyl groups is 1. The van der Waals surface area contributed by atoms with E-state index in [2.05, 4.69) is 5.32 Å². The molecule has 0 saturated heterocycles. The van der Waals surface area contributed by atoms with Crippen molar-refractivity contribution >= 4 is 5.97 Å². The van der Waals surface area contributed by atoms with Crippen molar-refractivity contribution in [3.63, 3.8) is 0 Å². The van der Waals surface area contributed by atoms with Gasteiger partial charge in [-0.05, 0) is 31.2 Å². The molecule has 0 aliphatic rings. The van der Waals surface area contributed by atoms with Crippen LogP contribution in [-0.2, 0) is 11.2 Å². The second kappa shape index (κ2) is 5.37. The van der Waals surface area contributed by atoms with Crippen LogP contribution >= 0.6 is 0 Å². The van der Waals surface area contributed by atoms with E-state index in [-0.39, 0.29) is 5.75 Å². The molecule has 0 radical (unpaired) electrons. The van der Waals surface area contributed by atoms with Crippen molar-refractivity contribution in [1.29, 1.82) is 0 Å². The fourth-order valence-corrected chi connectivity index (χ4v) is 1.41. The number of nitrogens with one attached hydrogen (secondary N) is 1. The molecule has 0 unspecified atom stereocenters. The maximum Gasteiger partial charge on any atom is 0.321 e. The summed E-state index contributed by atoms with van der Waals surface area (Å²) in [5.74, 6) is -0.530. The third-order valence-corrected chi connectivity index (χ3v) is 2.33. The van der Waals surface area contributed by atoms with Crippen LogP contribution in [0.5, 0.6) is 11.5 Å². The number of likely N-dealkylation sites (N-methyl/N-ethyl adjacent to an activating group) is 1. The summed E-state index contributed by atoms with van der Waals surface area (Å²) in [6, 6.07) is 4.18. The summed E-state index contributed by atoms with van der Waals surface area (Å²) in [7, 11) is 3.05. The van der Waals surface area contributed by atoms with E-state index in [1.807, 2.05) is 0 Å². The molecule has 1 rings (SSSR count). The van der Waals surface area contributed by atoms with E-state index in [9.17, 15) is 9.90 Å². The van der Waals surface area contributed by atoms with Gasteiger partial charge in [0.2, 0.25) is 0 Å². The van der Waals surface area contributed by atoms with Crippen LogP contribution in [-0.4, -0.2) is 36.4 Å². The van der Waals surface area contributed by atoms with Crippen molar-refractivity contribution in [2.24, 2.45) is 0 Å². The third-order valence-electron chi connectivity index (χ3n) is 2.33. The van der Waals surface area contributed by atoms with Crippen molar-refractivity contribution in [1.82, 2.24) is 5.32 Å². The van der Waals surface area contributed by atoms with Gasteiger partial charge in [-0.15, -0.1) is 0 Å². The lowest BCUT2D eigenvalue weighted by Gasteiger charge is -2.12. The van der Waals surface area contributed by atoms with Gasteiger partial charge in [-0.25, -0.2) is 0 Å². The topological polar surface area (TPSA) is 78.8 Å². The molecule has 0 saturated carbocycles. The number of aliphatic carboxylic acids is 1. The van der Waals surface area contributed by atoms with Gasteiger partial charge in [0.15, 0.2) is 11.5 Å². The Bertz CT molecular complexity index is 378. The number of carbonyl (C=O) groups is 1.